The van der Waals surface area contributed by atoms with Crippen molar-refractivity contribution in [2.45, 2.75) is 25.7 Å². The normalized spacial score (nSPS) is 15.9. The van der Waals surface area contributed by atoms with Crippen molar-refractivity contribution in [3.63, 3.8) is 0 Å². The molecule has 0 heterocycles. The van der Waals surface area contributed by atoms with Crippen LogP contribution in [-0.4, -0.2) is 29.5 Å². The zero-order valence-corrected chi connectivity index (χ0v) is 11.3. The van der Waals surface area contributed by atoms with Gasteiger partial charge in [-0.05, 0) is 37.0 Å². The van der Waals surface area contributed by atoms with E-state index in [0.29, 0.717) is 16.5 Å². The number of amides is 1. The summed E-state index contributed by atoms with van der Waals surface area (Å²) in [6, 6.07) is 4.46. The van der Waals surface area contributed by atoms with Crippen LogP contribution in [0.5, 0.6) is 5.75 Å². The van der Waals surface area contributed by atoms with Crippen molar-refractivity contribution in [3.05, 3.63) is 28.8 Å². The second kappa shape index (κ2) is 5.61. The highest BCUT2D eigenvalue weighted by Gasteiger charge is 2.21. The Hall–Kier alpha value is -1.22. The SMILES string of the molecule is CN(CC1CCCC1)C(=O)c1cc(O)ccc1Cl. The quantitative estimate of drug-likeness (QED) is 0.913. The van der Waals surface area contributed by atoms with Crippen LogP contribution in [0, 0.1) is 5.92 Å². The molecule has 98 valence electrons. The monoisotopic (exact) mass is 267 g/mol. The van der Waals surface area contributed by atoms with E-state index in [1.54, 1.807) is 18.0 Å². The first kappa shape index (κ1) is 13.2. The minimum Gasteiger partial charge on any atom is -0.508 e. The van der Waals surface area contributed by atoms with E-state index < -0.39 is 0 Å². The third-order valence-corrected chi connectivity index (χ3v) is 3.86. The molecule has 1 aromatic rings. The average molecular weight is 268 g/mol. The molecule has 0 radical (unpaired) electrons. The predicted octanol–water partition coefficient (Wildman–Crippen LogP) is 3.31. The molecular formula is C14H18ClNO2. The molecule has 0 bridgehead atoms. The molecule has 0 spiro atoms. The number of phenolic OH excluding ortho intramolecular Hbond substituents is 1. The Morgan fingerprint density at radius 2 is 2.11 bits per heavy atom. The zero-order chi connectivity index (χ0) is 13.1. The van der Waals surface area contributed by atoms with E-state index in [9.17, 15) is 9.90 Å². The van der Waals surface area contributed by atoms with Gasteiger partial charge in [-0.15, -0.1) is 0 Å². The number of nitrogens with zero attached hydrogens (tertiary/aromatic N) is 1. The summed E-state index contributed by atoms with van der Waals surface area (Å²) in [7, 11) is 1.79. The van der Waals surface area contributed by atoms with Crippen molar-refractivity contribution >= 4 is 17.5 Å². The molecule has 0 aromatic heterocycles. The van der Waals surface area contributed by atoms with Crippen LogP contribution in [0.1, 0.15) is 36.0 Å². The van der Waals surface area contributed by atoms with E-state index in [1.165, 1.54) is 37.8 Å². The Morgan fingerprint density at radius 1 is 1.44 bits per heavy atom. The molecule has 1 aliphatic rings. The van der Waals surface area contributed by atoms with Gasteiger partial charge in [0, 0.05) is 13.6 Å². The molecule has 3 nitrogen and oxygen atoms in total. The summed E-state index contributed by atoms with van der Waals surface area (Å²) in [5, 5.41) is 9.81. The van der Waals surface area contributed by atoms with Gasteiger partial charge in [0.1, 0.15) is 5.75 Å². The fourth-order valence-corrected chi connectivity index (χ4v) is 2.74. The average Bonchev–Trinajstić information content (AvgIpc) is 2.84. The Kier molecular flexibility index (Phi) is 4.12. The lowest BCUT2D eigenvalue weighted by atomic mass is 10.1. The van der Waals surface area contributed by atoms with Gasteiger partial charge in [0.2, 0.25) is 0 Å². The summed E-state index contributed by atoms with van der Waals surface area (Å²) in [4.78, 5) is 13.9. The van der Waals surface area contributed by atoms with Crippen molar-refractivity contribution in [1.29, 1.82) is 0 Å². The summed E-state index contributed by atoms with van der Waals surface area (Å²) in [6.07, 6.45) is 4.93. The molecule has 1 fully saturated rings. The van der Waals surface area contributed by atoms with Crippen LogP contribution in [0.15, 0.2) is 18.2 Å². The first-order valence-electron chi connectivity index (χ1n) is 6.32. The van der Waals surface area contributed by atoms with E-state index >= 15 is 0 Å². The number of aromatic hydroxyl groups is 1. The lowest BCUT2D eigenvalue weighted by molar-refractivity contribution is 0.0773. The maximum absolute atomic E-state index is 12.2. The molecule has 1 N–H and O–H groups in total. The Balaban J connectivity index is 2.07. The minimum absolute atomic E-state index is 0.0667. The molecular weight excluding hydrogens is 250 g/mol. The van der Waals surface area contributed by atoms with Crippen LogP contribution in [0.25, 0.3) is 0 Å². The van der Waals surface area contributed by atoms with E-state index in [2.05, 4.69) is 0 Å². The number of hydrogen-bond donors (Lipinski definition) is 1. The molecule has 1 aliphatic carbocycles. The molecule has 4 heteroatoms. The number of hydrogen-bond acceptors (Lipinski definition) is 2. The molecule has 1 saturated carbocycles. The zero-order valence-electron chi connectivity index (χ0n) is 10.5. The van der Waals surface area contributed by atoms with Crippen molar-refractivity contribution in [2.75, 3.05) is 13.6 Å². The smallest absolute Gasteiger partial charge is 0.255 e. The summed E-state index contributed by atoms with van der Waals surface area (Å²) >= 11 is 5.99. The van der Waals surface area contributed by atoms with Gasteiger partial charge in [-0.25, -0.2) is 0 Å². The second-order valence-corrected chi connectivity index (χ2v) is 5.41. The first-order valence-corrected chi connectivity index (χ1v) is 6.69. The van der Waals surface area contributed by atoms with Gasteiger partial charge in [0.15, 0.2) is 0 Å². The Bertz CT molecular complexity index is 441. The summed E-state index contributed by atoms with van der Waals surface area (Å²) in [5.41, 5.74) is 0.372. The third-order valence-electron chi connectivity index (χ3n) is 3.53. The molecule has 0 atom stereocenters. The van der Waals surface area contributed by atoms with Crippen molar-refractivity contribution in [1.82, 2.24) is 4.90 Å². The molecule has 0 aliphatic heterocycles. The largest absolute Gasteiger partial charge is 0.508 e. The van der Waals surface area contributed by atoms with Crippen LogP contribution in [0.4, 0.5) is 0 Å². The lowest BCUT2D eigenvalue weighted by Gasteiger charge is -2.21. The van der Waals surface area contributed by atoms with Gasteiger partial charge in [-0.2, -0.15) is 0 Å². The topological polar surface area (TPSA) is 40.5 Å². The number of phenols is 1. The molecule has 2 rings (SSSR count). The van der Waals surface area contributed by atoms with E-state index in [1.807, 2.05) is 0 Å². The lowest BCUT2D eigenvalue weighted by Crippen LogP contribution is -2.31. The maximum atomic E-state index is 12.2. The maximum Gasteiger partial charge on any atom is 0.255 e. The summed E-state index contributed by atoms with van der Waals surface area (Å²) in [5.74, 6) is 0.551. The molecule has 18 heavy (non-hydrogen) atoms. The number of carbonyl (C=O) groups is 1. The van der Waals surface area contributed by atoms with Crippen LogP contribution >= 0.6 is 11.6 Å². The molecule has 1 aromatic carbocycles. The van der Waals surface area contributed by atoms with Crippen LogP contribution in [0.3, 0.4) is 0 Å². The fraction of sp³-hybridized carbons (Fsp3) is 0.500. The first-order chi connectivity index (χ1) is 8.58. The summed E-state index contributed by atoms with van der Waals surface area (Å²) in [6.45, 7) is 0.769. The van der Waals surface area contributed by atoms with E-state index in [-0.39, 0.29) is 11.7 Å². The Labute approximate surface area is 112 Å². The van der Waals surface area contributed by atoms with Crippen molar-refractivity contribution in [3.8, 4) is 5.75 Å². The van der Waals surface area contributed by atoms with Gasteiger partial charge in [-0.3, -0.25) is 4.79 Å². The highest BCUT2D eigenvalue weighted by molar-refractivity contribution is 6.33. The van der Waals surface area contributed by atoms with E-state index in [0.717, 1.165) is 6.54 Å². The summed E-state index contributed by atoms with van der Waals surface area (Å²) < 4.78 is 0. The molecule has 0 saturated heterocycles. The standard InChI is InChI=1S/C14H18ClNO2/c1-16(9-10-4-2-3-5-10)14(18)12-8-11(17)6-7-13(12)15/h6-8,10,17H,2-5,9H2,1H3. The van der Waals surface area contributed by atoms with Gasteiger partial charge >= 0.3 is 0 Å². The molecule has 0 unspecified atom stereocenters. The van der Waals surface area contributed by atoms with Crippen LogP contribution < -0.4 is 0 Å². The number of rotatable bonds is 3. The highest BCUT2D eigenvalue weighted by atomic mass is 35.5. The highest BCUT2D eigenvalue weighted by Crippen LogP contribution is 2.27. The van der Waals surface area contributed by atoms with Crippen molar-refractivity contribution in [2.24, 2.45) is 5.92 Å². The Morgan fingerprint density at radius 3 is 2.78 bits per heavy atom. The van der Waals surface area contributed by atoms with Gasteiger partial charge in [0.25, 0.3) is 5.91 Å². The number of benzene rings is 1. The van der Waals surface area contributed by atoms with Gasteiger partial charge in [0.05, 0.1) is 10.6 Å². The van der Waals surface area contributed by atoms with Crippen molar-refractivity contribution < 1.29 is 9.90 Å². The predicted molar refractivity (Wildman–Crippen MR) is 72.0 cm³/mol. The minimum atomic E-state index is -0.122. The van der Waals surface area contributed by atoms with Crippen LogP contribution in [0.2, 0.25) is 5.02 Å². The number of halogens is 1. The second-order valence-electron chi connectivity index (χ2n) is 5.00. The molecule has 1 amide bonds. The van der Waals surface area contributed by atoms with Crippen LogP contribution in [-0.2, 0) is 0 Å². The van der Waals surface area contributed by atoms with E-state index in [4.69, 9.17) is 11.6 Å². The number of carbonyl (C=O) groups excluding carboxylic acids is 1. The van der Waals surface area contributed by atoms with Gasteiger partial charge < -0.3 is 10.0 Å². The van der Waals surface area contributed by atoms with Gasteiger partial charge in [-0.1, -0.05) is 24.4 Å². The fourth-order valence-electron chi connectivity index (χ4n) is 2.55. The third kappa shape index (κ3) is 2.96.